The first kappa shape index (κ1) is 69.6. The van der Waals surface area contributed by atoms with Crippen molar-refractivity contribution in [2.75, 3.05) is 13.1 Å². The van der Waals surface area contributed by atoms with Gasteiger partial charge in [0.05, 0.1) is 0 Å². The summed E-state index contributed by atoms with van der Waals surface area (Å²) in [7, 11) is 0. The predicted octanol–water partition coefficient (Wildman–Crippen LogP) is 18.0. The Kier molecular flexibility index (Phi) is 43.2. The van der Waals surface area contributed by atoms with Crippen LogP contribution in [-0.2, 0) is 30.3 Å². The molecule has 1 aliphatic heterocycles. The molecule has 0 radical (unpaired) electrons. The van der Waals surface area contributed by atoms with E-state index in [9.17, 15) is 19.2 Å². The standard InChI is InChI=1S/C11H21NO.C11H20O2.C10H14.C9H12O.C9H18.2C7H14O/c1-10(2)6-7-11(13)12-8-4-3-5-9-12;1-9(2)7-8-11(12)13-10-5-3-4-6-10;1-9(2)8-10-6-4-3-5-7-10;1-7(2)8-3-5-9(10)6-4-8;1-8(2)9-6-4-3-5-7-9;2*1-6(2)4-5-7(3)8/h10H,3-9H2,1-2H3;9-10H,3-8H2,1-2H3;3-7,9H,8H2,1-2H3;3-7,10H,1-2H3;8-9H,3-7H2,1-2H3;2*6H,4-5H2,1-3H3. The molecule has 5 rings (SSSR count). The van der Waals surface area contributed by atoms with Crippen molar-refractivity contribution in [3.8, 4) is 5.75 Å². The van der Waals surface area contributed by atoms with Crippen molar-refractivity contribution >= 4 is 23.4 Å². The minimum absolute atomic E-state index is 0.000556. The van der Waals surface area contributed by atoms with Crippen LogP contribution in [0.1, 0.15) is 256 Å². The van der Waals surface area contributed by atoms with Crippen LogP contribution < -0.4 is 0 Å². The third-order valence-corrected chi connectivity index (χ3v) is 13.0. The molecule has 3 aliphatic rings. The summed E-state index contributed by atoms with van der Waals surface area (Å²) in [6.07, 6.45) is 24.1. The highest BCUT2D eigenvalue weighted by Gasteiger charge is 2.19. The molecule has 1 N–H and O–H groups in total. The van der Waals surface area contributed by atoms with E-state index in [0.717, 1.165) is 88.6 Å². The van der Waals surface area contributed by atoms with E-state index in [1.54, 1.807) is 26.0 Å². The average molecular weight is 993 g/mol. The second kappa shape index (κ2) is 44.0. The highest BCUT2D eigenvalue weighted by Crippen LogP contribution is 2.29. The van der Waals surface area contributed by atoms with Gasteiger partial charge < -0.3 is 24.3 Å². The van der Waals surface area contributed by atoms with E-state index < -0.39 is 0 Å². The predicted molar refractivity (Wildman–Crippen MR) is 305 cm³/mol. The van der Waals surface area contributed by atoms with Crippen molar-refractivity contribution < 1.29 is 29.0 Å². The Labute approximate surface area is 439 Å². The molecule has 0 aromatic heterocycles. The van der Waals surface area contributed by atoms with E-state index in [-0.39, 0.29) is 12.1 Å². The molecule has 7 heteroatoms. The maximum atomic E-state index is 11.6. The normalized spacial score (nSPS) is 14.7. The SMILES string of the molecule is CC(=O)CCC(C)C.CC(=O)CCC(C)C.CC(C)C1CCCCC1.CC(C)CCC(=O)N1CCCCC1.CC(C)CCC(=O)OC1CCCC1.CC(C)Cc1ccccc1.CC(C)c1ccc(O)cc1. The van der Waals surface area contributed by atoms with Crippen molar-refractivity contribution in [2.24, 2.45) is 41.4 Å². The molecule has 1 saturated heterocycles. The average Bonchev–Trinajstić information content (AvgIpc) is 3.84. The molecule has 1 amide bonds. The van der Waals surface area contributed by atoms with Crippen LogP contribution in [0.15, 0.2) is 54.6 Å². The molecular weight excluding hydrogens is 879 g/mol. The van der Waals surface area contributed by atoms with Gasteiger partial charge in [0.25, 0.3) is 0 Å². The minimum atomic E-state index is 0.000556. The van der Waals surface area contributed by atoms with Crippen LogP contribution in [0.25, 0.3) is 0 Å². The second-order valence-corrected chi connectivity index (χ2v) is 23.4. The number of esters is 1. The zero-order valence-corrected chi connectivity index (χ0v) is 49.1. The maximum Gasteiger partial charge on any atom is 0.306 e. The Morgan fingerprint density at radius 2 is 0.944 bits per heavy atom. The number of carbonyl (C=O) groups excluding carboxylic acids is 4. The number of piperidine rings is 1. The van der Waals surface area contributed by atoms with Crippen molar-refractivity contribution in [2.45, 2.75) is 258 Å². The molecule has 0 spiro atoms. The van der Waals surface area contributed by atoms with E-state index >= 15 is 0 Å². The second-order valence-electron chi connectivity index (χ2n) is 23.4. The Morgan fingerprint density at radius 3 is 1.32 bits per heavy atom. The number of benzene rings is 2. The van der Waals surface area contributed by atoms with E-state index in [0.29, 0.717) is 59.2 Å². The van der Waals surface area contributed by atoms with Crippen molar-refractivity contribution in [1.82, 2.24) is 4.90 Å². The number of Topliss-reactive ketones (excluding diaryl/α,β-unsaturated/α-hetero) is 2. The van der Waals surface area contributed by atoms with E-state index in [2.05, 4.69) is 127 Å². The summed E-state index contributed by atoms with van der Waals surface area (Å²) in [5.41, 5.74) is 2.70. The number of hydrogen-bond acceptors (Lipinski definition) is 6. The first-order valence-electron chi connectivity index (χ1n) is 28.7. The topological polar surface area (TPSA) is 101 Å². The zero-order valence-electron chi connectivity index (χ0n) is 49.1. The molecule has 3 fully saturated rings. The summed E-state index contributed by atoms with van der Waals surface area (Å²) in [6, 6.07) is 17.9. The molecule has 1 heterocycles. The van der Waals surface area contributed by atoms with Gasteiger partial charge in [-0.25, -0.2) is 0 Å². The zero-order chi connectivity index (χ0) is 54.1. The van der Waals surface area contributed by atoms with Crippen molar-refractivity contribution in [1.29, 1.82) is 0 Å². The molecule has 7 nitrogen and oxygen atoms in total. The minimum Gasteiger partial charge on any atom is -0.508 e. The largest absolute Gasteiger partial charge is 0.508 e. The number of ether oxygens (including phenoxy) is 1. The van der Waals surface area contributed by atoms with Gasteiger partial charge in [-0.1, -0.05) is 172 Å². The van der Waals surface area contributed by atoms with Gasteiger partial charge in [0.1, 0.15) is 23.4 Å². The number of hydrogen-bond donors (Lipinski definition) is 1. The van der Waals surface area contributed by atoms with Gasteiger partial charge in [0.15, 0.2) is 0 Å². The van der Waals surface area contributed by atoms with Gasteiger partial charge in [-0.15, -0.1) is 0 Å². The number of aromatic hydroxyl groups is 1. The van der Waals surface area contributed by atoms with Crippen LogP contribution in [0.3, 0.4) is 0 Å². The lowest BCUT2D eigenvalue weighted by Gasteiger charge is -2.26. The van der Waals surface area contributed by atoms with Gasteiger partial charge in [-0.05, 0) is 162 Å². The first-order chi connectivity index (χ1) is 33.4. The van der Waals surface area contributed by atoms with Gasteiger partial charge in [0.2, 0.25) is 5.91 Å². The Hall–Kier alpha value is -3.48. The molecule has 2 aromatic rings. The van der Waals surface area contributed by atoms with Crippen LogP contribution >= 0.6 is 0 Å². The van der Waals surface area contributed by atoms with Crippen LogP contribution in [-0.4, -0.2) is 52.6 Å². The molecule has 2 saturated carbocycles. The number of carbonyl (C=O) groups is 4. The lowest BCUT2D eigenvalue weighted by Crippen LogP contribution is -2.35. The summed E-state index contributed by atoms with van der Waals surface area (Å²) in [6.45, 7) is 35.8. The molecule has 2 aromatic carbocycles. The summed E-state index contributed by atoms with van der Waals surface area (Å²) in [4.78, 5) is 45.6. The van der Waals surface area contributed by atoms with Crippen molar-refractivity contribution in [3.63, 3.8) is 0 Å². The van der Waals surface area contributed by atoms with E-state index in [4.69, 9.17) is 9.84 Å². The lowest BCUT2D eigenvalue weighted by molar-refractivity contribution is -0.149. The molecule has 0 unspecified atom stereocenters. The number of rotatable bonds is 17. The fraction of sp³-hybridized carbons (Fsp3) is 0.750. The summed E-state index contributed by atoms with van der Waals surface area (Å²) in [5, 5.41) is 8.94. The van der Waals surface area contributed by atoms with Crippen LogP contribution in [0, 0.1) is 41.4 Å². The fourth-order valence-corrected chi connectivity index (χ4v) is 8.10. The van der Waals surface area contributed by atoms with E-state index in [1.165, 1.54) is 81.8 Å². The highest BCUT2D eigenvalue weighted by molar-refractivity contribution is 5.76. The van der Waals surface area contributed by atoms with Crippen LogP contribution in [0.5, 0.6) is 5.75 Å². The highest BCUT2D eigenvalue weighted by atomic mass is 16.5. The first-order valence-corrected chi connectivity index (χ1v) is 28.7. The maximum absolute atomic E-state index is 11.6. The van der Waals surface area contributed by atoms with Gasteiger partial charge >= 0.3 is 5.97 Å². The monoisotopic (exact) mass is 992 g/mol. The Balaban J connectivity index is 0. The van der Waals surface area contributed by atoms with E-state index in [1.807, 2.05) is 17.0 Å². The fourth-order valence-electron chi connectivity index (χ4n) is 8.10. The smallest absolute Gasteiger partial charge is 0.306 e. The molecule has 71 heavy (non-hydrogen) atoms. The molecular formula is C64H113NO6. The number of nitrogens with zero attached hydrogens (tertiary/aromatic N) is 1. The number of likely N-dealkylation sites (tertiary alicyclic amines) is 1. The Morgan fingerprint density at radius 1 is 0.521 bits per heavy atom. The number of phenolic OH excluding ortho intramolecular Hbond substituents is 1. The molecule has 0 atom stereocenters. The molecule has 410 valence electrons. The number of phenols is 1. The van der Waals surface area contributed by atoms with Crippen molar-refractivity contribution in [3.05, 3.63) is 65.7 Å². The Bertz CT molecular complexity index is 1540. The summed E-state index contributed by atoms with van der Waals surface area (Å²) in [5.74, 6) is 7.19. The quantitative estimate of drug-likeness (QED) is 0.158. The third-order valence-electron chi connectivity index (χ3n) is 13.0. The van der Waals surface area contributed by atoms with Gasteiger partial charge in [-0.3, -0.25) is 9.59 Å². The van der Waals surface area contributed by atoms with Crippen LogP contribution in [0.4, 0.5) is 0 Å². The number of amides is 1. The third kappa shape index (κ3) is 46.1. The summed E-state index contributed by atoms with van der Waals surface area (Å²) < 4.78 is 5.32. The van der Waals surface area contributed by atoms with Gasteiger partial charge in [0, 0.05) is 38.8 Å². The molecule has 0 bridgehead atoms. The number of ketones is 2. The molecule has 2 aliphatic carbocycles. The lowest BCUT2D eigenvalue weighted by atomic mass is 9.82. The summed E-state index contributed by atoms with van der Waals surface area (Å²) >= 11 is 0. The van der Waals surface area contributed by atoms with Crippen LogP contribution in [0.2, 0.25) is 0 Å². The van der Waals surface area contributed by atoms with Gasteiger partial charge in [-0.2, -0.15) is 0 Å².